The molecule has 3 N–H and O–H groups in total. The molecule has 0 aliphatic rings. The van der Waals surface area contributed by atoms with E-state index in [0.29, 0.717) is 12.2 Å². The molecule has 90 valence electrons. The smallest absolute Gasteiger partial charge is 0.122 e. The number of nitrogens with two attached hydrogens (primary N) is 1. The average Bonchev–Trinajstić information content (AvgIpc) is 2.72. The molecule has 0 saturated heterocycles. The van der Waals surface area contributed by atoms with Crippen LogP contribution in [0.4, 0.5) is 11.4 Å². The van der Waals surface area contributed by atoms with Gasteiger partial charge in [-0.2, -0.15) is 0 Å². The number of methoxy groups -OCH3 is 1. The number of ether oxygens (including phenoxy) is 1. The summed E-state index contributed by atoms with van der Waals surface area (Å²) in [5.41, 5.74) is 8.45. The Bertz CT molecular complexity index is 510. The van der Waals surface area contributed by atoms with Gasteiger partial charge in [0.05, 0.1) is 13.7 Å². The summed E-state index contributed by atoms with van der Waals surface area (Å²) in [5, 5.41) is 6.38. The van der Waals surface area contributed by atoms with Gasteiger partial charge in [0.1, 0.15) is 10.8 Å². The molecule has 0 unspecified atom stereocenters. The van der Waals surface area contributed by atoms with Crippen LogP contribution >= 0.6 is 11.3 Å². The number of hydrogen-bond acceptors (Lipinski definition) is 5. The van der Waals surface area contributed by atoms with Gasteiger partial charge in [0, 0.05) is 34.6 Å². The number of nitrogens with zero attached hydrogens (tertiary/aromatic N) is 1. The summed E-state index contributed by atoms with van der Waals surface area (Å²) in [6.07, 6.45) is 0. The Balaban J connectivity index is 2.05. The lowest BCUT2D eigenvalue weighted by molar-refractivity contribution is 0.415. The molecular formula is C12H15N3OS. The van der Waals surface area contributed by atoms with Crippen molar-refractivity contribution < 1.29 is 4.74 Å². The number of nitrogen functional groups attached to an aromatic ring is 1. The van der Waals surface area contributed by atoms with E-state index in [9.17, 15) is 0 Å². The minimum atomic E-state index is 0.683. The molecule has 2 rings (SSSR count). The second kappa shape index (κ2) is 5.05. The number of anilines is 2. The third kappa shape index (κ3) is 3.10. The fraction of sp³-hybridized carbons (Fsp3) is 0.250. The molecule has 1 aromatic carbocycles. The second-order valence-electron chi connectivity index (χ2n) is 3.73. The van der Waals surface area contributed by atoms with Crippen LogP contribution in [0, 0.1) is 6.92 Å². The quantitative estimate of drug-likeness (QED) is 0.818. The Labute approximate surface area is 104 Å². The Morgan fingerprint density at radius 1 is 1.41 bits per heavy atom. The van der Waals surface area contributed by atoms with Crippen LogP contribution in [-0.2, 0) is 6.54 Å². The van der Waals surface area contributed by atoms with Crippen LogP contribution in [0.5, 0.6) is 5.75 Å². The van der Waals surface area contributed by atoms with E-state index in [4.69, 9.17) is 10.5 Å². The van der Waals surface area contributed by atoms with E-state index in [0.717, 1.165) is 22.1 Å². The van der Waals surface area contributed by atoms with Gasteiger partial charge in [0.2, 0.25) is 0 Å². The van der Waals surface area contributed by atoms with Crippen LogP contribution in [0.2, 0.25) is 0 Å². The highest BCUT2D eigenvalue weighted by atomic mass is 32.1. The van der Waals surface area contributed by atoms with Crippen molar-refractivity contribution in [1.29, 1.82) is 0 Å². The highest BCUT2D eigenvalue weighted by Crippen LogP contribution is 2.23. The summed E-state index contributed by atoms with van der Waals surface area (Å²) in [6, 6.07) is 5.58. The van der Waals surface area contributed by atoms with Crippen LogP contribution in [0.15, 0.2) is 23.6 Å². The lowest BCUT2D eigenvalue weighted by Crippen LogP contribution is -2.00. The summed E-state index contributed by atoms with van der Waals surface area (Å²) in [5.74, 6) is 0.753. The van der Waals surface area contributed by atoms with E-state index in [2.05, 4.69) is 10.3 Å². The molecule has 0 amide bonds. The van der Waals surface area contributed by atoms with Crippen molar-refractivity contribution in [3.05, 3.63) is 34.3 Å². The monoisotopic (exact) mass is 249 g/mol. The number of aromatic nitrogens is 1. The molecule has 0 atom stereocenters. The maximum atomic E-state index is 5.78. The lowest BCUT2D eigenvalue weighted by atomic mass is 10.2. The molecule has 0 aliphatic heterocycles. The van der Waals surface area contributed by atoms with Crippen molar-refractivity contribution >= 4 is 22.7 Å². The minimum absolute atomic E-state index is 0.683. The summed E-state index contributed by atoms with van der Waals surface area (Å²) in [4.78, 5) is 4.38. The normalized spacial score (nSPS) is 10.2. The van der Waals surface area contributed by atoms with Gasteiger partial charge in [0.25, 0.3) is 0 Å². The summed E-state index contributed by atoms with van der Waals surface area (Å²) in [6.45, 7) is 2.69. The van der Waals surface area contributed by atoms with Gasteiger partial charge < -0.3 is 15.8 Å². The third-order valence-electron chi connectivity index (χ3n) is 2.27. The fourth-order valence-electron chi connectivity index (χ4n) is 1.50. The fourth-order valence-corrected chi connectivity index (χ4v) is 2.22. The largest absolute Gasteiger partial charge is 0.497 e. The molecule has 5 heteroatoms. The highest BCUT2D eigenvalue weighted by molar-refractivity contribution is 7.09. The Morgan fingerprint density at radius 2 is 2.24 bits per heavy atom. The van der Waals surface area contributed by atoms with Crippen molar-refractivity contribution in [2.75, 3.05) is 18.2 Å². The van der Waals surface area contributed by atoms with Crippen molar-refractivity contribution in [3.8, 4) is 5.75 Å². The van der Waals surface area contributed by atoms with Crippen LogP contribution in [-0.4, -0.2) is 12.1 Å². The summed E-state index contributed by atoms with van der Waals surface area (Å²) in [7, 11) is 1.63. The molecular weight excluding hydrogens is 234 g/mol. The van der Waals surface area contributed by atoms with Crippen LogP contribution in [0.25, 0.3) is 0 Å². The number of rotatable bonds is 4. The highest BCUT2D eigenvalue weighted by Gasteiger charge is 2.01. The standard InChI is InChI=1S/C12H15N3OS/c1-8-7-17-12(15-8)6-14-10-3-9(13)4-11(5-10)16-2/h3-5,7,14H,6,13H2,1-2H3. The van der Waals surface area contributed by atoms with Crippen LogP contribution in [0.1, 0.15) is 10.7 Å². The predicted molar refractivity (Wildman–Crippen MR) is 71.6 cm³/mol. The predicted octanol–water partition coefficient (Wildman–Crippen LogP) is 2.65. The van der Waals surface area contributed by atoms with E-state index in [-0.39, 0.29) is 0 Å². The molecule has 0 aliphatic carbocycles. The van der Waals surface area contributed by atoms with Gasteiger partial charge >= 0.3 is 0 Å². The lowest BCUT2D eigenvalue weighted by Gasteiger charge is -2.08. The topological polar surface area (TPSA) is 60.2 Å². The first kappa shape index (κ1) is 11.7. The molecule has 0 spiro atoms. The number of nitrogens with one attached hydrogen (secondary N) is 1. The van der Waals surface area contributed by atoms with E-state index in [1.165, 1.54) is 0 Å². The molecule has 2 aromatic rings. The number of hydrogen-bond donors (Lipinski definition) is 2. The zero-order chi connectivity index (χ0) is 12.3. The van der Waals surface area contributed by atoms with E-state index in [1.54, 1.807) is 24.5 Å². The molecule has 17 heavy (non-hydrogen) atoms. The number of benzene rings is 1. The molecule has 1 aromatic heterocycles. The van der Waals surface area contributed by atoms with Crippen molar-refractivity contribution in [2.45, 2.75) is 13.5 Å². The Kier molecular flexibility index (Phi) is 3.49. The molecule has 1 heterocycles. The van der Waals surface area contributed by atoms with Gasteiger partial charge in [-0.05, 0) is 13.0 Å². The van der Waals surface area contributed by atoms with Crippen LogP contribution in [0.3, 0.4) is 0 Å². The van der Waals surface area contributed by atoms with Crippen molar-refractivity contribution in [2.24, 2.45) is 0 Å². The van der Waals surface area contributed by atoms with Gasteiger partial charge in [0.15, 0.2) is 0 Å². The third-order valence-corrected chi connectivity index (χ3v) is 3.24. The van der Waals surface area contributed by atoms with Gasteiger partial charge in [-0.15, -0.1) is 11.3 Å². The van der Waals surface area contributed by atoms with E-state index < -0.39 is 0 Å². The first-order valence-electron chi connectivity index (χ1n) is 5.27. The van der Waals surface area contributed by atoms with Crippen molar-refractivity contribution in [3.63, 3.8) is 0 Å². The Hall–Kier alpha value is -1.75. The summed E-state index contributed by atoms with van der Waals surface area (Å²) < 4.78 is 5.16. The van der Waals surface area contributed by atoms with Crippen LogP contribution < -0.4 is 15.8 Å². The maximum Gasteiger partial charge on any atom is 0.122 e. The van der Waals surface area contributed by atoms with Gasteiger partial charge in [-0.3, -0.25) is 0 Å². The molecule has 0 bridgehead atoms. The Morgan fingerprint density at radius 3 is 2.88 bits per heavy atom. The second-order valence-corrected chi connectivity index (χ2v) is 4.67. The zero-order valence-electron chi connectivity index (χ0n) is 9.86. The maximum absolute atomic E-state index is 5.78. The first-order valence-corrected chi connectivity index (χ1v) is 6.15. The van der Waals surface area contributed by atoms with Gasteiger partial charge in [-0.1, -0.05) is 0 Å². The average molecular weight is 249 g/mol. The minimum Gasteiger partial charge on any atom is -0.497 e. The zero-order valence-corrected chi connectivity index (χ0v) is 10.7. The molecule has 0 saturated carbocycles. The number of aryl methyl sites for hydroxylation is 1. The molecule has 0 fully saturated rings. The summed E-state index contributed by atoms with van der Waals surface area (Å²) >= 11 is 1.65. The SMILES string of the molecule is COc1cc(N)cc(NCc2nc(C)cs2)c1. The van der Waals surface area contributed by atoms with E-state index >= 15 is 0 Å². The molecule has 4 nitrogen and oxygen atoms in total. The van der Waals surface area contributed by atoms with Crippen molar-refractivity contribution in [1.82, 2.24) is 4.98 Å². The van der Waals surface area contributed by atoms with E-state index in [1.807, 2.05) is 24.4 Å². The van der Waals surface area contributed by atoms with Gasteiger partial charge in [-0.25, -0.2) is 4.98 Å². The first-order chi connectivity index (χ1) is 8.17. The molecule has 0 radical (unpaired) electrons. The number of thiazole rings is 1.